The van der Waals surface area contributed by atoms with Crippen LogP contribution in [0.2, 0.25) is 5.02 Å². The maximum atomic E-state index is 12.4. The third-order valence-corrected chi connectivity index (χ3v) is 5.67. The van der Waals surface area contributed by atoms with Crippen LogP contribution in [0.3, 0.4) is 0 Å². The Morgan fingerprint density at radius 3 is 2.81 bits per heavy atom. The Morgan fingerprint density at radius 2 is 2.04 bits per heavy atom. The summed E-state index contributed by atoms with van der Waals surface area (Å²) in [6, 6.07) is 11.3. The van der Waals surface area contributed by atoms with E-state index < -0.39 is 0 Å². The predicted octanol–water partition coefficient (Wildman–Crippen LogP) is 3.96. The summed E-state index contributed by atoms with van der Waals surface area (Å²) in [6.45, 7) is 2.07. The van der Waals surface area contributed by atoms with Crippen molar-refractivity contribution in [1.82, 2.24) is 19.5 Å². The van der Waals surface area contributed by atoms with E-state index in [-0.39, 0.29) is 5.91 Å². The average molecular weight is 449 g/mol. The number of hydrogen-bond donors (Lipinski definition) is 1. The molecule has 1 amide bonds. The number of fused-ring (bicyclic) bond motifs is 1. The summed E-state index contributed by atoms with van der Waals surface area (Å²) in [7, 11) is 0. The number of piperidine rings is 1. The van der Waals surface area contributed by atoms with E-state index in [9.17, 15) is 4.79 Å². The van der Waals surface area contributed by atoms with Crippen molar-refractivity contribution in [3.63, 3.8) is 0 Å². The SMILES string of the molecule is O=C(CN1CCC(c2nnc3ccccn23)CC1)Nc1ccc(Br)cc1Cl. The fourth-order valence-electron chi connectivity index (χ4n) is 3.47. The third-order valence-electron chi connectivity index (χ3n) is 4.87. The Bertz CT molecular complexity index is 968. The standard InChI is InChI=1S/C19H19BrClN5O/c20-14-4-5-16(15(21)11-14)22-18(27)12-25-9-6-13(7-10-25)19-24-23-17-3-1-2-8-26(17)19/h1-5,8,11,13H,6-7,9-10,12H2,(H,22,27). The summed E-state index contributed by atoms with van der Waals surface area (Å²) in [5.41, 5.74) is 1.51. The number of anilines is 1. The number of likely N-dealkylation sites (tertiary alicyclic amines) is 1. The van der Waals surface area contributed by atoms with Crippen molar-refractivity contribution in [2.45, 2.75) is 18.8 Å². The molecule has 0 unspecified atom stereocenters. The highest BCUT2D eigenvalue weighted by Crippen LogP contribution is 2.28. The molecule has 140 valence electrons. The van der Waals surface area contributed by atoms with E-state index in [2.05, 4.69) is 40.7 Å². The van der Waals surface area contributed by atoms with Crippen molar-refractivity contribution in [3.8, 4) is 0 Å². The first-order chi connectivity index (χ1) is 13.1. The van der Waals surface area contributed by atoms with Crippen LogP contribution in [-0.4, -0.2) is 45.0 Å². The van der Waals surface area contributed by atoms with Crippen LogP contribution >= 0.6 is 27.5 Å². The van der Waals surface area contributed by atoms with Crippen LogP contribution in [0.1, 0.15) is 24.6 Å². The number of nitrogens with zero attached hydrogens (tertiary/aromatic N) is 4. The lowest BCUT2D eigenvalue weighted by atomic mass is 9.96. The second kappa shape index (κ2) is 7.96. The quantitative estimate of drug-likeness (QED) is 0.656. The number of benzene rings is 1. The Balaban J connectivity index is 1.33. The number of amides is 1. The topological polar surface area (TPSA) is 62.5 Å². The van der Waals surface area contributed by atoms with E-state index in [0.29, 0.717) is 23.2 Å². The molecule has 3 aromatic rings. The Kier molecular flexibility index (Phi) is 5.43. The molecular formula is C19H19BrClN5O. The molecule has 2 aromatic heterocycles. The first kappa shape index (κ1) is 18.4. The molecule has 0 aliphatic carbocycles. The number of pyridine rings is 1. The zero-order valence-electron chi connectivity index (χ0n) is 14.6. The van der Waals surface area contributed by atoms with Gasteiger partial charge in [0.1, 0.15) is 5.82 Å². The van der Waals surface area contributed by atoms with Gasteiger partial charge in [0.2, 0.25) is 5.91 Å². The van der Waals surface area contributed by atoms with Crippen molar-refractivity contribution in [3.05, 3.63) is 57.9 Å². The van der Waals surface area contributed by atoms with Gasteiger partial charge in [0.15, 0.2) is 5.65 Å². The van der Waals surface area contributed by atoms with E-state index in [0.717, 1.165) is 41.9 Å². The fraction of sp³-hybridized carbons (Fsp3) is 0.316. The molecule has 0 bridgehead atoms. The maximum Gasteiger partial charge on any atom is 0.238 e. The lowest BCUT2D eigenvalue weighted by Gasteiger charge is -2.30. The van der Waals surface area contributed by atoms with Crippen LogP contribution in [0.5, 0.6) is 0 Å². The molecule has 1 saturated heterocycles. The summed E-state index contributed by atoms with van der Waals surface area (Å²) in [4.78, 5) is 14.5. The van der Waals surface area contributed by atoms with Gasteiger partial charge >= 0.3 is 0 Å². The zero-order valence-corrected chi connectivity index (χ0v) is 16.9. The summed E-state index contributed by atoms with van der Waals surface area (Å²) in [5.74, 6) is 1.32. The van der Waals surface area contributed by atoms with Crippen molar-refractivity contribution in [2.24, 2.45) is 0 Å². The van der Waals surface area contributed by atoms with Crippen molar-refractivity contribution >= 4 is 44.8 Å². The number of carbonyl (C=O) groups is 1. The number of carbonyl (C=O) groups excluding carboxylic acids is 1. The maximum absolute atomic E-state index is 12.4. The minimum atomic E-state index is -0.0504. The molecule has 0 spiro atoms. The van der Waals surface area contributed by atoms with Gasteiger partial charge in [-0.3, -0.25) is 14.1 Å². The minimum Gasteiger partial charge on any atom is -0.324 e. The minimum absolute atomic E-state index is 0.0504. The predicted molar refractivity (Wildman–Crippen MR) is 109 cm³/mol. The molecule has 6 nitrogen and oxygen atoms in total. The molecule has 1 aliphatic heterocycles. The lowest BCUT2D eigenvalue weighted by molar-refractivity contribution is -0.117. The summed E-state index contributed by atoms with van der Waals surface area (Å²) < 4.78 is 2.94. The largest absolute Gasteiger partial charge is 0.324 e. The van der Waals surface area contributed by atoms with Gasteiger partial charge < -0.3 is 5.32 Å². The number of nitrogens with one attached hydrogen (secondary N) is 1. The number of aromatic nitrogens is 3. The van der Waals surface area contributed by atoms with Crippen molar-refractivity contribution in [2.75, 3.05) is 25.0 Å². The highest BCUT2D eigenvalue weighted by Gasteiger charge is 2.25. The Hall–Kier alpha value is -1.96. The van der Waals surface area contributed by atoms with E-state index in [4.69, 9.17) is 11.6 Å². The van der Waals surface area contributed by atoms with Gasteiger partial charge in [-0.05, 0) is 56.3 Å². The van der Waals surface area contributed by atoms with Gasteiger partial charge in [-0.1, -0.05) is 33.6 Å². The number of hydrogen-bond acceptors (Lipinski definition) is 4. The second-order valence-electron chi connectivity index (χ2n) is 6.71. The van der Waals surface area contributed by atoms with E-state index in [1.54, 1.807) is 12.1 Å². The smallest absolute Gasteiger partial charge is 0.238 e. The van der Waals surface area contributed by atoms with Crippen LogP contribution < -0.4 is 5.32 Å². The molecule has 1 aliphatic rings. The van der Waals surface area contributed by atoms with Crippen molar-refractivity contribution in [1.29, 1.82) is 0 Å². The number of rotatable bonds is 4. The molecule has 1 aromatic carbocycles. The monoisotopic (exact) mass is 447 g/mol. The van der Waals surface area contributed by atoms with Crippen LogP contribution in [0.25, 0.3) is 5.65 Å². The van der Waals surface area contributed by atoms with Gasteiger partial charge in [0.25, 0.3) is 0 Å². The molecule has 0 radical (unpaired) electrons. The van der Waals surface area contributed by atoms with Gasteiger partial charge in [0, 0.05) is 16.6 Å². The molecule has 3 heterocycles. The molecule has 4 rings (SSSR count). The van der Waals surface area contributed by atoms with Crippen molar-refractivity contribution < 1.29 is 4.79 Å². The summed E-state index contributed by atoms with van der Waals surface area (Å²) in [5, 5.41) is 12.0. The van der Waals surface area contributed by atoms with Crippen LogP contribution in [0.15, 0.2) is 47.1 Å². The Labute approximate surface area is 170 Å². The van der Waals surface area contributed by atoms with Gasteiger partial charge in [0.05, 0.1) is 17.3 Å². The normalized spacial score (nSPS) is 15.9. The van der Waals surface area contributed by atoms with Crippen LogP contribution in [-0.2, 0) is 4.79 Å². The van der Waals surface area contributed by atoms with E-state index in [1.807, 2.05) is 30.5 Å². The van der Waals surface area contributed by atoms with E-state index >= 15 is 0 Å². The Morgan fingerprint density at radius 1 is 1.22 bits per heavy atom. The third kappa shape index (κ3) is 4.15. The van der Waals surface area contributed by atoms with E-state index in [1.165, 1.54) is 0 Å². The zero-order chi connectivity index (χ0) is 18.8. The van der Waals surface area contributed by atoms with Crippen LogP contribution in [0, 0.1) is 0 Å². The number of halogens is 2. The van der Waals surface area contributed by atoms with Gasteiger partial charge in [-0.15, -0.1) is 10.2 Å². The lowest BCUT2D eigenvalue weighted by Crippen LogP contribution is -2.39. The molecule has 8 heteroatoms. The first-order valence-corrected chi connectivity index (χ1v) is 10.0. The molecular weight excluding hydrogens is 430 g/mol. The molecule has 1 N–H and O–H groups in total. The second-order valence-corrected chi connectivity index (χ2v) is 8.03. The highest BCUT2D eigenvalue weighted by atomic mass is 79.9. The first-order valence-electron chi connectivity index (χ1n) is 8.87. The van der Waals surface area contributed by atoms with Gasteiger partial charge in [-0.25, -0.2) is 0 Å². The summed E-state index contributed by atoms with van der Waals surface area (Å²) >= 11 is 9.53. The molecule has 1 fully saturated rings. The summed E-state index contributed by atoms with van der Waals surface area (Å²) in [6.07, 6.45) is 3.93. The van der Waals surface area contributed by atoms with Gasteiger partial charge in [-0.2, -0.15) is 0 Å². The van der Waals surface area contributed by atoms with Crippen LogP contribution in [0.4, 0.5) is 5.69 Å². The average Bonchev–Trinajstić information content (AvgIpc) is 3.09. The molecule has 0 saturated carbocycles. The molecule has 27 heavy (non-hydrogen) atoms. The molecule has 0 atom stereocenters. The highest BCUT2D eigenvalue weighted by molar-refractivity contribution is 9.10. The fourth-order valence-corrected chi connectivity index (χ4v) is 4.19.